The minimum absolute atomic E-state index is 0.339. The maximum Gasteiger partial charge on any atom is 0.0438 e. The Morgan fingerprint density at radius 3 is 2.71 bits per heavy atom. The average molecular weight is 257 g/mol. The van der Waals surface area contributed by atoms with E-state index in [0.717, 1.165) is 36.6 Å². The predicted molar refractivity (Wildman–Crippen MR) is 75.5 cm³/mol. The van der Waals surface area contributed by atoms with E-state index >= 15 is 0 Å². The Labute approximate surface area is 110 Å². The molecule has 0 spiro atoms. The van der Waals surface area contributed by atoms with Crippen molar-refractivity contribution >= 4 is 11.8 Å². The fourth-order valence-electron chi connectivity index (χ4n) is 3.01. The van der Waals surface area contributed by atoms with Gasteiger partial charge in [-0.3, -0.25) is 0 Å². The summed E-state index contributed by atoms with van der Waals surface area (Å²) < 4.78 is 0. The third-order valence-corrected chi connectivity index (χ3v) is 5.20. The number of aliphatic hydroxyl groups is 1. The Hall–Kier alpha value is 0.270. The molecule has 0 aromatic rings. The molecule has 2 atom stereocenters. The molecule has 2 N–H and O–H groups in total. The van der Waals surface area contributed by atoms with Crippen molar-refractivity contribution in [3.63, 3.8) is 0 Å². The van der Waals surface area contributed by atoms with Crippen molar-refractivity contribution in [3.8, 4) is 0 Å². The largest absolute Gasteiger partial charge is 0.396 e. The molecule has 100 valence electrons. The highest BCUT2D eigenvalue weighted by Gasteiger charge is 2.34. The second kappa shape index (κ2) is 7.65. The van der Waals surface area contributed by atoms with Crippen LogP contribution in [0.15, 0.2) is 0 Å². The third-order valence-electron chi connectivity index (χ3n) is 4.13. The lowest BCUT2D eigenvalue weighted by atomic mass is 9.83. The van der Waals surface area contributed by atoms with Gasteiger partial charge in [0, 0.05) is 24.9 Å². The van der Waals surface area contributed by atoms with E-state index in [1.54, 1.807) is 0 Å². The SMILES string of the molecule is OCCCSCCNC1CCCC(C2CC2)C1. The Kier molecular flexibility index (Phi) is 6.16. The van der Waals surface area contributed by atoms with Gasteiger partial charge in [-0.05, 0) is 49.7 Å². The molecule has 2 unspecified atom stereocenters. The molecule has 0 aliphatic heterocycles. The van der Waals surface area contributed by atoms with Gasteiger partial charge < -0.3 is 10.4 Å². The van der Waals surface area contributed by atoms with E-state index in [0.29, 0.717) is 6.61 Å². The van der Waals surface area contributed by atoms with Gasteiger partial charge in [0.25, 0.3) is 0 Å². The summed E-state index contributed by atoms with van der Waals surface area (Å²) in [5, 5.41) is 12.4. The van der Waals surface area contributed by atoms with Crippen LogP contribution in [0.2, 0.25) is 0 Å². The van der Waals surface area contributed by atoms with E-state index < -0.39 is 0 Å². The van der Waals surface area contributed by atoms with Crippen LogP contribution in [-0.2, 0) is 0 Å². The molecule has 2 nitrogen and oxygen atoms in total. The molecular formula is C14H27NOS. The van der Waals surface area contributed by atoms with Crippen LogP contribution in [0.5, 0.6) is 0 Å². The summed E-state index contributed by atoms with van der Waals surface area (Å²) in [5.41, 5.74) is 0. The van der Waals surface area contributed by atoms with Crippen molar-refractivity contribution < 1.29 is 5.11 Å². The predicted octanol–water partition coefficient (Wildman–Crippen LogP) is 2.66. The van der Waals surface area contributed by atoms with Crippen molar-refractivity contribution in [1.82, 2.24) is 5.32 Å². The zero-order valence-corrected chi connectivity index (χ0v) is 11.7. The van der Waals surface area contributed by atoms with E-state index in [4.69, 9.17) is 5.11 Å². The van der Waals surface area contributed by atoms with Gasteiger partial charge in [0.1, 0.15) is 0 Å². The van der Waals surface area contributed by atoms with Crippen LogP contribution in [-0.4, -0.2) is 35.8 Å². The number of rotatable bonds is 8. The molecule has 0 heterocycles. The molecule has 2 fully saturated rings. The van der Waals surface area contributed by atoms with Gasteiger partial charge in [-0.25, -0.2) is 0 Å². The highest BCUT2D eigenvalue weighted by Crippen LogP contribution is 2.43. The van der Waals surface area contributed by atoms with Crippen LogP contribution in [0.4, 0.5) is 0 Å². The summed E-state index contributed by atoms with van der Waals surface area (Å²) in [6.07, 6.45) is 9.72. The van der Waals surface area contributed by atoms with E-state index in [2.05, 4.69) is 5.32 Å². The Morgan fingerprint density at radius 2 is 1.94 bits per heavy atom. The standard InChI is InChI=1S/C14H27NOS/c16-8-2-9-17-10-7-15-14-4-1-3-13(11-14)12-5-6-12/h12-16H,1-11H2. The third kappa shape index (κ3) is 5.19. The summed E-state index contributed by atoms with van der Waals surface area (Å²) in [5.74, 6) is 4.44. The molecule has 2 saturated carbocycles. The fourth-order valence-corrected chi connectivity index (χ4v) is 3.81. The molecule has 2 rings (SSSR count). The van der Waals surface area contributed by atoms with E-state index in [1.165, 1.54) is 44.3 Å². The van der Waals surface area contributed by atoms with E-state index in [1.807, 2.05) is 11.8 Å². The van der Waals surface area contributed by atoms with Crippen molar-refractivity contribution in [1.29, 1.82) is 0 Å². The highest BCUT2D eigenvalue weighted by atomic mass is 32.2. The second-order valence-corrected chi connectivity index (χ2v) is 6.83. The fraction of sp³-hybridized carbons (Fsp3) is 1.00. The molecule has 3 heteroatoms. The summed E-state index contributed by atoms with van der Waals surface area (Å²) in [6, 6.07) is 0.799. The summed E-state index contributed by atoms with van der Waals surface area (Å²) in [6.45, 7) is 1.49. The normalized spacial score (nSPS) is 29.5. The lowest BCUT2D eigenvalue weighted by Crippen LogP contribution is -2.36. The molecule has 2 aliphatic rings. The highest BCUT2D eigenvalue weighted by molar-refractivity contribution is 7.99. The molecule has 2 aliphatic carbocycles. The van der Waals surface area contributed by atoms with Crippen LogP contribution in [0, 0.1) is 11.8 Å². The molecule has 0 amide bonds. The second-order valence-electron chi connectivity index (χ2n) is 5.60. The molecule has 0 saturated heterocycles. The van der Waals surface area contributed by atoms with E-state index in [9.17, 15) is 0 Å². The number of hydrogen-bond acceptors (Lipinski definition) is 3. The lowest BCUT2D eigenvalue weighted by molar-refractivity contribution is 0.264. The molecule has 0 aromatic heterocycles. The summed E-state index contributed by atoms with van der Waals surface area (Å²) in [7, 11) is 0. The number of thioether (sulfide) groups is 1. The first-order chi connectivity index (χ1) is 8.40. The van der Waals surface area contributed by atoms with Crippen LogP contribution in [0.25, 0.3) is 0 Å². The van der Waals surface area contributed by atoms with Crippen molar-refractivity contribution in [2.45, 2.75) is 51.0 Å². The maximum atomic E-state index is 8.68. The molecule has 0 bridgehead atoms. The first-order valence-corrected chi connectivity index (χ1v) is 8.47. The number of nitrogens with one attached hydrogen (secondary N) is 1. The lowest BCUT2D eigenvalue weighted by Gasteiger charge is -2.30. The number of hydrogen-bond donors (Lipinski definition) is 2. The first-order valence-electron chi connectivity index (χ1n) is 7.32. The van der Waals surface area contributed by atoms with Crippen molar-refractivity contribution in [3.05, 3.63) is 0 Å². The smallest absolute Gasteiger partial charge is 0.0438 e. The first kappa shape index (κ1) is 13.7. The van der Waals surface area contributed by atoms with Gasteiger partial charge in [-0.2, -0.15) is 11.8 Å². The van der Waals surface area contributed by atoms with Crippen molar-refractivity contribution in [2.24, 2.45) is 11.8 Å². The minimum Gasteiger partial charge on any atom is -0.396 e. The monoisotopic (exact) mass is 257 g/mol. The van der Waals surface area contributed by atoms with Crippen LogP contribution in [0.3, 0.4) is 0 Å². The number of aliphatic hydroxyl groups excluding tert-OH is 1. The van der Waals surface area contributed by atoms with E-state index in [-0.39, 0.29) is 0 Å². The zero-order valence-electron chi connectivity index (χ0n) is 10.9. The average Bonchev–Trinajstić information content (AvgIpc) is 3.18. The summed E-state index contributed by atoms with van der Waals surface area (Å²) in [4.78, 5) is 0. The van der Waals surface area contributed by atoms with Crippen LogP contribution < -0.4 is 5.32 Å². The summed E-state index contributed by atoms with van der Waals surface area (Å²) >= 11 is 1.96. The minimum atomic E-state index is 0.339. The van der Waals surface area contributed by atoms with Gasteiger partial charge >= 0.3 is 0 Å². The van der Waals surface area contributed by atoms with Gasteiger partial charge in [0.05, 0.1) is 0 Å². The maximum absolute atomic E-state index is 8.68. The quantitative estimate of drug-likeness (QED) is 0.656. The molecule has 0 radical (unpaired) electrons. The molecule has 0 aromatic carbocycles. The zero-order chi connectivity index (χ0) is 11.9. The van der Waals surface area contributed by atoms with Crippen molar-refractivity contribution in [2.75, 3.05) is 24.7 Å². The Bertz CT molecular complexity index is 208. The van der Waals surface area contributed by atoms with Gasteiger partial charge in [-0.15, -0.1) is 0 Å². The van der Waals surface area contributed by atoms with Crippen LogP contribution >= 0.6 is 11.8 Å². The topological polar surface area (TPSA) is 32.3 Å². The van der Waals surface area contributed by atoms with Crippen LogP contribution in [0.1, 0.15) is 44.9 Å². The van der Waals surface area contributed by atoms with Gasteiger partial charge in [-0.1, -0.05) is 12.8 Å². The molecular weight excluding hydrogens is 230 g/mol. The Balaban J connectivity index is 1.49. The molecule has 17 heavy (non-hydrogen) atoms. The Morgan fingerprint density at radius 1 is 1.06 bits per heavy atom. The van der Waals surface area contributed by atoms with Gasteiger partial charge in [0.15, 0.2) is 0 Å². The van der Waals surface area contributed by atoms with Gasteiger partial charge in [0.2, 0.25) is 0 Å².